The number of carbonyl (C=O) groups is 1. The largest absolute Gasteiger partial charge is 0.390 e. The molecule has 1 aromatic rings. The Morgan fingerprint density at radius 3 is 2.65 bits per heavy atom. The van der Waals surface area contributed by atoms with E-state index < -0.39 is 30.9 Å². The van der Waals surface area contributed by atoms with Crippen LogP contribution in [-0.4, -0.2) is 25.2 Å². The third-order valence-electron chi connectivity index (χ3n) is 2.25. The summed E-state index contributed by atoms with van der Waals surface area (Å²) in [4.78, 5) is 11.7. The van der Waals surface area contributed by atoms with Crippen LogP contribution in [0.4, 0.5) is 17.6 Å². The van der Waals surface area contributed by atoms with E-state index in [1.165, 1.54) is 6.07 Å². The van der Waals surface area contributed by atoms with Crippen LogP contribution in [0.5, 0.6) is 0 Å². The summed E-state index contributed by atoms with van der Waals surface area (Å²) in [6, 6.07) is 3.30. The van der Waals surface area contributed by atoms with Gasteiger partial charge in [-0.1, -0.05) is 11.8 Å². The fraction of sp³-hybridized carbons (Fsp3) is 0.308. The van der Waals surface area contributed by atoms with E-state index in [-0.39, 0.29) is 17.7 Å². The van der Waals surface area contributed by atoms with Crippen molar-refractivity contribution in [1.82, 2.24) is 5.32 Å². The van der Waals surface area contributed by atoms with Gasteiger partial charge in [-0.3, -0.25) is 4.79 Å². The van der Waals surface area contributed by atoms with Crippen molar-refractivity contribution in [2.75, 3.05) is 13.1 Å². The zero-order valence-electron chi connectivity index (χ0n) is 10.4. The topological polar surface area (TPSA) is 55.1 Å². The maximum absolute atomic E-state index is 13.1. The molecule has 0 saturated heterocycles. The van der Waals surface area contributed by atoms with E-state index in [9.17, 15) is 22.4 Å². The van der Waals surface area contributed by atoms with Gasteiger partial charge in [0.05, 0.1) is 18.5 Å². The molecule has 0 aliphatic heterocycles. The van der Waals surface area contributed by atoms with Crippen LogP contribution < -0.4 is 11.1 Å². The molecule has 0 saturated carbocycles. The van der Waals surface area contributed by atoms with E-state index in [0.717, 1.165) is 12.1 Å². The molecule has 0 atom stereocenters. The summed E-state index contributed by atoms with van der Waals surface area (Å²) in [5, 5.41) is 2.07. The van der Waals surface area contributed by atoms with Crippen LogP contribution in [0, 0.1) is 17.7 Å². The highest BCUT2D eigenvalue weighted by atomic mass is 19.4. The van der Waals surface area contributed by atoms with Gasteiger partial charge < -0.3 is 11.1 Å². The highest BCUT2D eigenvalue weighted by molar-refractivity contribution is 5.96. The summed E-state index contributed by atoms with van der Waals surface area (Å²) in [7, 11) is 0. The van der Waals surface area contributed by atoms with E-state index in [1.54, 1.807) is 0 Å². The first-order chi connectivity index (χ1) is 9.33. The summed E-state index contributed by atoms with van der Waals surface area (Å²) in [6.07, 6.45) is -5.52. The fourth-order valence-electron chi connectivity index (χ4n) is 1.37. The van der Waals surface area contributed by atoms with Crippen molar-refractivity contribution in [1.29, 1.82) is 0 Å². The molecule has 0 aromatic heterocycles. The number of carbonyl (C=O) groups excluding carboxylic acids is 1. The number of nitrogens with two attached hydrogens (primary N) is 1. The molecule has 1 aromatic carbocycles. The first-order valence-electron chi connectivity index (χ1n) is 5.67. The smallest absolute Gasteiger partial charge is 0.352 e. The zero-order chi connectivity index (χ0) is 15.2. The maximum atomic E-state index is 13.1. The molecule has 108 valence electrons. The molecule has 3 N–H and O–H groups in total. The molecule has 3 nitrogen and oxygen atoms in total. The Kier molecular flexibility index (Phi) is 5.53. The molecule has 7 heteroatoms. The molecule has 20 heavy (non-hydrogen) atoms. The lowest BCUT2D eigenvalue weighted by molar-refractivity contribution is -0.132. The first kappa shape index (κ1) is 16.0. The summed E-state index contributed by atoms with van der Waals surface area (Å²) >= 11 is 0. The zero-order valence-corrected chi connectivity index (χ0v) is 10.4. The van der Waals surface area contributed by atoms with E-state index in [4.69, 9.17) is 5.73 Å². The van der Waals surface area contributed by atoms with Crippen LogP contribution in [0.3, 0.4) is 0 Å². The van der Waals surface area contributed by atoms with Crippen molar-refractivity contribution in [3.8, 4) is 11.8 Å². The second-order valence-electron chi connectivity index (χ2n) is 3.82. The van der Waals surface area contributed by atoms with Crippen LogP contribution in [0.25, 0.3) is 0 Å². The second-order valence-corrected chi connectivity index (χ2v) is 3.82. The van der Waals surface area contributed by atoms with E-state index in [0.29, 0.717) is 0 Å². The molecule has 0 heterocycles. The minimum Gasteiger partial charge on any atom is -0.352 e. The lowest BCUT2D eigenvalue weighted by Gasteiger charge is -2.09. The summed E-state index contributed by atoms with van der Waals surface area (Å²) in [5.41, 5.74) is 5.28. The van der Waals surface area contributed by atoms with Gasteiger partial charge in [0.25, 0.3) is 5.91 Å². The Bertz CT molecular complexity index is 544. The van der Waals surface area contributed by atoms with Crippen molar-refractivity contribution in [3.05, 3.63) is 35.1 Å². The van der Waals surface area contributed by atoms with Crippen molar-refractivity contribution < 1.29 is 22.4 Å². The second kappa shape index (κ2) is 6.91. The SMILES string of the molecule is NCC#Cc1ccc(F)cc1C(=O)NCCC(F)(F)F. The van der Waals surface area contributed by atoms with Crippen molar-refractivity contribution >= 4 is 5.91 Å². The van der Waals surface area contributed by atoms with Gasteiger partial charge in [0, 0.05) is 12.1 Å². The predicted octanol–water partition coefficient (Wildman–Crippen LogP) is 1.82. The minimum absolute atomic E-state index is 0.0481. The molecule has 1 amide bonds. The summed E-state index contributed by atoms with van der Waals surface area (Å²) < 4.78 is 49.0. The minimum atomic E-state index is -4.36. The lowest BCUT2D eigenvalue weighted by atomic mass is 10.1. The van der Waals surface area contributed by atoms with Crippen LogP contribution in [0.1, 0.15) is 22.3 Å². The summed E-state index contributed by atoms with van der Waals surface area (Å²) in [5.74, 6) is 3.57. The predicted molar refractivity (Wildman–Crippen MR) is 65.3 cm³/mol. The molecule has 0 spiro atoms. The molecule has 0 radical (unpaired) electrons. The normalized spacial score (nSPS) is 10.7. The van der Waals surface area contributed by atoms with Gasteiger partial charge in [-0.05, 0) is 18.2 Å². The average Bonchev–Trinajstić information content (AvgIpc) is 2.35. The number of rotatable bonds is 3. The Labute approximate surface area is 113 Å². The van der Waals surface area contributed by atoms with Crippen molar-refractivity contribution in [2.45, 2.75) is 12.6 Å². The number of nitrogens with one attached hydrogen (secondary N) is 1. The molecule has 0 unspecified atom stereocenters. The number of hydrogen-bond donors (Lipinski definition) is 2. The van der Waals surface area contributed by atoms with E-state index in [2.05, 4.69) is 17.2 Å². The average molecular weight is 288 g/mol. The highest BCUT2D eigenvalue weighted by Crippen LogP contribution is 2.18. The van der Waals surface area contributed by atoms with Gasteiger partial charge in [0.2, 0.25) is 0 Å². The van der Waals surface area contributed by atoms with Gasteiger partial charge in [-0.25, -0.2) is 4.39 Å². The molecule has 0 aliphatic rings. The monoisotopic (exact) mass is 288 g/mol. The quantitative estimate of drug-likeness (QED) is 0.658. The molecular weight excluding hydrogens is 276 g/mol. The Balaban J connectivity index is 2.83. The molecular formula is C13H12F4N2O. The third-order valence-corrected chi connectivity index (χ3v) is 2.25. The van der Waals surface area contributed by atoms with Crippen LogP contribution in [0.15, 0.2) is 18.2 Å². The van der Waals surface area contributed by atoms with Crippen LogP contribution >= 0.6 is 0 Å². The van der Waals surface area contributed by atoms with Gasteiger partial charge in [0.15, 0.2) is 0 Å². The van der Waals surface area contributed by atoms with Gasteiger partial charge in [0.1, 0.15) is 5.82 Å². The lowest BCUT2D eigenvalue weighted by Crippen LogP contribution is -2.28. The van der Waals surface area contributed by atoms with Crippen LogP contribution in [-0.2, 0) is 0 Å². The number of benzene rings is 1. The van der Waals surface area contributed by atoms with E-state index >= 15 is 0 Å². The number of alkyl halides is 3. The maximum Gasteiger partial charge on any atom is 0.390 e. The Morgan fingerprint density at radius 2 is 2.05 bits per heavy atom. The summed E-state index contributed by atoms with van der Waals surface area (Å²) in [6.45, 7) is -0.533. The molecule has 0 bridgehead atoms. The third kappa shape index (κ3) is 5.28. The Morgan fingerprint density at radius 1 is 1.35 bits per heavy atom. The number of hydrogen-bond acceptors (Lipinski definition) is 2. The number of amides is 1. The molecule has 0 fully saturated rings. The highest BCUT2D eigenvalue weighted by Gasteiger charge is 2.26. The van der Waals surface area contributed by atoms with Crippen molar-refractivity contribution in [3.63, 3.8) is 0 Å². The van der Waals surface area contributed by atoms with E-state index in [1.807, 2.05) is 0 Å². The van der Waals surface area contributed by atoms with Gasteiger partial charge in [-0.2, -0.15) is 13.2 Å². The van der Waals surface area contributed by atoms with Gasteiger partial charge >= 0.3 is 6.18 Å². The van der Waals surface area contributed by atoms with Crippen molar-refractivity contribution in [2.24, 2.45) is 5.73 Å². The molecule has 0 aliphatic carbocycles. The van der Waals surface area contributed by atoms with Crippen LogP contribution in [0.2, 0.25) is 0 Å². The first-order valence-corrected chi connectivity index (χ1v) is 5.67. The fourth-order valence-corrected chi connectivity index (χ4v) is 1.37. The van der Waals surface area contributed by atoms with Gasteiger partial charge in [-0.15, -0.1) is 0 Å². The Hall–Kier alpha value is -2.07. The standard InChI is InChI=1S/C13H12F4N2O/c14-10-4-3-9(2-1-6-18)11(8-10)12(20)19-7-5-13(15,16)17/h3-4,8H,5-7,18H2,(H,19,20). The molecule has 1 rings (SSSR count). The number of halogens is 4.